The first kappa shape index (κ1) is 15.7. The van der Waals surface area contributed by atoms with Crippen LogP contribution in [-0.4, -0.2) is 0 Å². The van der Waals surface area contributed by atoms with Crippen LogP contribution >= 0.6 is 0 Å². The van der Waals surface area contributed by atoms with Gasteiger partial charge in [-0.05, 0) is 0 Å². The van der Waals surface area contributed by atoms with E-state index < -0.39 is 0 Å². The Kier molecular flexibility index (Phi) is 35.2. The summed E-state index contributed by atoms with van der Waals surface area (Å²) in [6.07, 6.45) is 4.69. The van der Waals surface area contributed by atoms with Gasteiger partial charge in [-0.15, -0.1) is 0 Å². The molecule has 0 fully saturated rings. The molecule has 0 rings (SSSR count). The summed E-state index contributed by atoms with van der Waals surface area (Å²) in [5, 5.41) is 0. The van der Waals surface area contributed by atoms with Gasteiger partial charge >= 0.3 is 0 Å². The number of hydrogen-bond acceptors (Lipinski definition) is 0. The third kappa shape index (κ3) is 19.2. The molecule has 0 unspecified atom stereocenters. The Morgan fingerprint density at radius 1 is 1.14 bits per heavy atom. The van der Waals surface area contributed by atoms with Gasteiger partial charge in [-0.2, -0.15) is 12.8 Å². The minimum absolute atomic E-state index is 0. The molecule has 0 aromatic heterocycles. The van der Waals surface area contributed by atoms with Crippen LogP contribution in [0, 0.1) is 13.8 Å². The van der Waals surface area contributed by atoms with Crippen molar-refractivity contribution in [3.63, 3.8) is 0 Å². The zero-order valence-corrected chi connectivity index (χ0v) is 8.41. The standard InChI is InChI=1S/C5H11.CH3.Y/c1-3-5-4-2;;/h5H,3-4H2,1-2H3;1H3;/q2*-1;. The van der Waals surface area contributed by atoms with Gasteiger partial charge in [-0.1, -0.05) is 13.8 Å². The summed E-state index contributed by atoms with van der Waals surface area (Å²) in [5.41, 5.74) is 0. The second-order valence-corrected chi connectivity index (χ2v) is 1.11. The maximum Gasteiger partial charge on any atom is 0 e. The van der Waals surface area contributed by atoms with Crippen LogP contribution in [-0.2, 0) is 32.7 Å². The first-order chi connectivity index (χ1) is 2.41. The fourth-order valence-electron chi connectivity index (χ4n) is 0.289. The van der Waals surface area contributed by atoms with Crippen LogP contribution < -0.4 is 0 Å². The molecule has 0 saturated carbocycles. The van der Waals surface area contributed by atoms with Crippen molar-refractivity contribution in [3.05, 3.63) is 13.8 Å². The Morgan fingerprint density at radius 2 is 1.43 bits per heavy atom. The smallest absolute Gasteiger partial charge is 0 e. The molecule has 1 heteroatoms. The molecule has 0 aliphatic rings. The molecule has 0 N–H and O–H groups in total. The van der Waals surface area contributed by atoms with Crippen LogP contribution in [0.4, 0.5) is 0 Å². The van der Waals surface area contributed by atoms with Crippen LogP contribution in [0.1, 0.15) is 26.7 Å². The minimum atomic E-state index is 0. The van der Waals surface area contributed by atoms with E-state index in [9.17, 15) is 0 Å². The van der Waals surface area contributed by atoms with Crippen molar-refractivity contribution in [2.75, 3.05) is 0 Å². The zero-order chi connectivity index (χ0) is 4.12. The maximum atomic E-state index is 2.25. The average molecular weight is 175 g/mol. The number of unbranched alkanes of at least 4 members (excludes halogenated alkanes) is 2. The van der Waals surface area contributed by atoms with E-state index in [0.29, 0.717) is 0 Å². The van der Waals surface area contributed by atoms with Crippen molar-refractivity contribution in [1.82, 2.24) is 0 Å². The van der Waals surface area contributed by atoms with E-state index in [1.165, 1.54) is 12.8 Å². The molecule has 43 valence electrons. The molecule has 0 aliphatic carbocycles. The third-order valence-corrected chi connectivity index (χ3v) is 0.577. The largest absolute Gasteiger partial charge is 0.358 e. The van der Waals surface area contributed by atoms with E-state index in [4.69, 9.17) is 0 Å². The van der Waals surface area contributed by atoms with Crippen LogP contribution in [0.3, 0.4) is 0 Å². The van der Waals surface area contributed by atoms with E-state index in [1.54, 1.807) is 0 Å². The van der Waals surface area contributed by atoms with Gasteiger partial charge in [0.2, 0.25) is 0 Å². The molecule has 0 heterocycles. The summed E-state index contributed by atoms with van der Waals surface area (Å²) in [6.45, 7) is 4.31. The van der Waals surface area contributed by atoms with Crippen molar-refractivity contribution >= 4 is 0 Å². The minimum Gasteiger partial charge on any atom is -0.358 e. The summed E-state index contributed by atoms with van der Waals surface area (Å²) in [4.78, 5) is 0. The number of hydrogen-bond donors (Lipinski definition) is 0. The summed E-state index contributed by atoms with van der Waals surface area (Å²) >= 11 is 0. The molecular formula is C6H14Y-2. The molecule has 0 amide bonds. The third-order valence-electron chi connectivity index (χ3n) is 0.577. The van der Waals surface area contributed by atoms with E-state index in [2.05, 4.69) is 20.3 Å². The molecule has 0 aromatic carbocycles. The fraction of sp³-hybridized carbons (Fsp3) is 0.667. The van der Waals surface area contributed by atoms with E-state index in [-0.39, 0.29) is 40.1 Å². The molecule has 0 spiro atoms. The summed E-state index contributed by atoms with van der Waals surface area (Å²) in [5.74, 6) is 0. The molecule has 1 radical (unpaired) electrons. The molecule has 0 aromatic rings. The SMILES string of the molecule is CC[CH-]CC.[CH3-].[Y]. The Labute approximate surface area is 73.0 Å². The maximum absolute atomic E-state index is 2.25. The van der Waals surface area contributed by atoms with Gasteiger partial charge in [0.25, 0.3) is 0 Å². The predicted molar refractivity (Wildman–Crippen MR) is 31.3 cm³/mol. The van der Waals surface area contributed by atoms with Crippen LogP contribution in [0.5, 0.6) is 0 Å². The molecule has 7 heavy (non-hydrogen) atoms. The topological polar surface area (TPSA) is 0 Å². The molecule has 0 atom stereocenters. The molecule has 0 nitrogen and oxygen atoms in total. The van der Waals surface area contributed by atoms with Gasteiger partial charge in [0.15, 0.2) is 0 Å². The van der Waals surface area contributed by atoms with E-state index >= 15 is 0 Å². The summed E-state index contributed by atoms with van der Waals surface area (Å²) in [7, 11) is 0. The van der Waals surface area contributed by atoms with Gasteiger partial charge in [0, 0.05) is 32.7 Å². The van der Waals surface area contributed by atoms with Crippen LogP contribution in [0.25, 0.3) is 0 Å². The van der Waals surface area contributed by atoms with Crippen molar-refractivity contribution in [1.29, 1.82) is 0 Å². The molecule has 0 bridgehead atoms. The van der Waals surface area contributed by atoms with Gasteiger partial charge in [-0.3, -0.25) is 0 Å². The zero-order valence-electron chi connectivity index (χ0n) is 5.57. The first-order valence-corrected chi connectivity index (χ1v) is 2.23. The van der Waals surface area contributed by atoms with Crippen LogP contribution in [0.15, 0.2) is 0 Å². The Hall–Kier alpha value is 1.10. The Bertz CT molecular complexity index is 11.7. The Balaban J connectivity index is -0.0000000800. The molecule has 0 saturated heterocycles. The normalized spacial score (nSPS) is 6.00. The van der Waals surface area contributed by atoms with E-state index in [1.807, 2.05) is 0 Å². The summed E-state index contributed by atoms with van der Waals surface area (Å²) < 4.78 is 0. The van der Waals surface area contributed by atoms with Crippen molar-refractivity contribution in [3.8, 4) is 0 Å². The average Bonchev–Trinajstić information content (AvgIpc) is 1.41. The molecule has 0 aliphatic heterocycles. The fourth-order valence-corrected chi connectivity index (χ4v) is 0.289. The first-order valence-electron chi connectivity index (χ1n) is 2.23. The monoisotopic (exact) mass is 175 g/mol. The molecular weight excluding hydrogens is 161 g/mol. The van der Waals surface area contributed by atoms with Crippen molar-refractivity contribution < 1.29 is 32.7 Å². The van der Waals surface area contributed by atoms with Gasteiger partial charge in [0.1, 0.15) is 0 Å². The van der Waals surface area contributed by atoms with E-state index in [0.717, 1.165) is 0 Å². The summed E-state index contributed by atoms with van der Waals surface area (Å²) in [6, 6.07) is 0. The van der Waals surface area contributed by atoms with Crippen molar-refractivity contribution in [2.24, 2.45) is 0 Å². The second kappa shape index (κ2) is 15.7. The van der Waals surface area contributed by atoms with Gasteiger partial charge in [-0.25, -0.2) is 0 Å². The Morgan fingerprint density at radius 3 is 1.43 bits per heavy atom. The van der Waals surface area contributed by atoms with Crippen LogP contribution in [0.2, 0.25) is 0 Å². The number of rotatable bonds is 2. The second-order valence-electron chi connectivity index (χ2n) is 1.11. The van der Waals surface area contributed by atoms with Gasteiger partial charge < -0.3 is 13.8 Å². The van der Waals surface area contributed by atoms with Gasteiger partial charge in [0.05, 0.1) is 0 Å². The quantitative estimate of drug-likeness (QED) is 0.565. The predicted octanol–water partition coefficient (Wildman–Crippen LogP) is 2.46. The van der Waals surface area contributed by atoms with Crippen molar-refractivity contribution in [2.45, 2.75) is 26.7 Å².